The Hall–Kier alpha value is -2.57. The van der Waals surface area contributed by atoms with E-state index in [1.165, 1.54) is 7.11 Å². The molecule has 21 heavy (non-hydrogen) atoms. The molecule has 7 heteroatoms. The van der Waals surface area contributed by atoms with E-state index in [0.717, 1.165) is 12.8 Å². The van der Waals surface area contributed by atoms with E-state index in [1.54, 1.807) is 18.2 Å². The van der Waals surface area contributed by atoms with Gasteiger partial charge in [0, 0.05) is 12.0 Å². The van der Waals surface area contributed by atoms with Crippen molar-refractivity contribution in [3.05, 3.63) is 24.1 Å². The number of methoxy groups -OCH3 is 1. The first-order valence-electron chi connectivity index (χ1n) is 6.49. The highest BCUT2D eigenvalue weighted by atomic mass is 16.5. The van der Waals surface area contributed by atoms with Crippen molar-refractivity contribution in [1.29, 1.82) is 0 Å². The van der Waals surface area contributed by atoms with Crippen molar-refractivity contribution in [3.63, 3.8) is 0 Å². The number of hydrogen-bond donors (Lipinski definition) is 1. The highest BCUT2D eigenvalue weighted by Crippen LogP contribution is 2.31. The zero-order valence-corrected chi connectivity index (χ0v) is 11.8. The monoisotopic (exact) mass is 292 g/mol. The summed E-state index contributed by atoms with van der Waals surface area (Å²) >= 11 is 0. The molecule has 1 N–H and O–H groups in total. The fraction of sp³-hybridized carbons (Fsp3) is 0.357. The van der Waals surface area contributed by atoms with Crippen LogP contribution in [0.15, 0.2) is 22.7 Å². The Morgan fingerprint density at radius 2 is 2.19 bits per heavy atom. The largest absolute Gasteiger partial charge is 0.493 e. The van der Waals surface area contributed by atoms with Crippen molar-refractivity contribution in [2.75, 3.05) is 13.7 Å². The second-order valence-electron chi connectivity index (χ2n) is 4.31. The predicted octanol–water partition coefficient (Wildman–Crippen LogP) is 2.16. The molecule has 2 aromatic rings. The molecule has 112 valence electrons. The number of aromatic nitrogens is 2. The zero-order chi connectivity index (χ0) is 15.2. The number of hydrogen-bond acceptors (Lipinski definition) is 6. The molecular weight excluding hydrogens is 276 g/mol. The molecule has 0 aliphatic rings. The number of benzene rings is 1. The molecule has 0 amide bonds. The topological polar surface area (TPSA) is 94.7 Å². The quantitative estimate of drug-likeness (QED) is 0.835. The van der Waals surface area contributed by atoms with Crippen LogP contribution >= 0.6 is 0 Å². The molecule has 0 unspecified atom stereocenters. The van der Waals surface area contributed by atoms with E-state index in [9.17, 15) is 4.79 Å². The van der Waals surface area contributed by atoms with Crippen molar-refractivity contribution in [2.24, 2.45) is 0 Å². The standard InChI is InChI=1S/C14H16N2O5/c1-3-4-12-15-14(16-21-12)9-5-6-10(11(7-9)19-2)20-8-13(17)18/h5-7H,3-4,8H2,1-2H3,(H,17,18). The summed E-state index contributed by atoms with van der Waals surface area (Å²) in [6, 6.07) is 5.02. The Kier molecular flexibility index (Phi) is 4.76. The molecule has 0 fully saturated rings. The maximum atomic E-state index is 10.5. The normalized spacial score (nSPS) is 10.4. The van der Waals surface area contributed by atoms with Crippen LogP contribution in [-0.2, 0) is 11.2 Å². The lowest BCUT2D eigenvalue weighted by Crippen LogP contribution is -2.10. The maximum absolute atomic E-state index is 10.5. The predicted molar refractivity (Wildman–Crippen MR) is 73.4 cm³/mol. The summed E-state index contributed by atoms with van der Waals surface area (Å²) in [4.78, 5) is 14.8. The molecule has 0 bridgehead atoms. The molecule has 1 aromatic heterocycles. The van der Waals surface area contributed by atoms with Gasteiger partial charge in [0.1, 0.15) is 0 Å². The first kappa shape index (κ1) is 14.8. The SMILES string of the molecule is CCCc1nc(-c2ccc(OCC(=O)O)c(OC)c2)no1. The maximum Gasteiger partial charge on any atom is 0.341 e. The van der Waals surface area contributed by atoms with E-state index in [0.29, 0.717) is 28.8 Å². The van der Waals surface area contributed by atoms with Gasteiger partial charge in [-0.25, -0.2) is 4.79 Å². The second kappa shape index (κ2) is 6.74. The molecule has 1 heterocycles. The van der Waals surface area contributed by atoms with Crippen LogP contribution in [0, 0.1) is 0 Å². The van der Waals surface area contributed by atoms with Crippen molar-refractivity contribution < 1.29 is 23.9 Å². The van der Waals surface area contributed by atoms with Crippen LogP contribution in [0.4, 0.5) is 0 Å². The van der Waals surface area contributed by atoms with Crippen LogP contribution < -0.4 is 9.47 Å². The molecule has 2 rings (SSSR count). The van der Waals surface area contributed by atoms with Crippen LogP contribution in [-0.4, -0.2) is 34.9 Å². The van der Waals surface area contributed by atoms with Crippen LogP contribution in [0.5, 0.6) is 11.5 Å². The molecule has 0 spiro atoms. The lowest BCUT2D eigenvalue weighted by atomic mass is 10.2. The molecule has 0 aliphatic heterocycles. The van der Waals surface area contributed by atoms with Gasteiger partial charge in [0.15, 0.2) is 18.1 Å². The number of carboxylic acid groups (broad SMARTS) is 1. The number of aryl methyl sites for hydroxylation is 1. The van der Waals surface area contributed by atoms with Crippen LogP contribution in [0.25, 0.3) is 11.4 Å². The van der Waals surface area contributed by atoms with Gasteiger partial charge in [-0.1, -0.05) is 12.1 Å². The number of carbonyl (C=O) groups is 1. The minimum absolute atomic E-state index is 0.348. The third-order valence-corrected chi connectivity index (χ3v) is 2.70. The lowest BCUT2D eigenvalue weighted by Gasteiger charge is -2.09. The smallest absolute Gasteiger partial charge is 0.341 e. The number of ether oxygens (including phenoxy) is 2. The highest BCUT2D eigenvalue weighted by molar-refractivity contribution is 5.69. The lowest BCUT2D eigenvalue weighted by molar-refractivity contribution is -0.139. The van der Waals surface area contributed by atoms with E-state index < -0.39 is 12.6 Å². The van der Waals surface area contributed by atoms with Crippen molar-refractivity contribution in [3.8, 4) is 22.9 Å². The van der Waals surface area contributed by atoms with Gasteiger partial charge in [-0.2, -0.15) is 4.98 Å². The molecule has 0 radical (unpaired) electrons. The first-order valence-corrected chi connectivity index (χ1v) is 6.49. The van der Waals surface area contributed by atoms with E-state index in [-0.39, 0.29) is 0 Å². The van der Waals surface area contributed by atoms with Gasteiger partial charge in [-0.3, -0.25) is 0 Å². The van der Waals surface area contributed by atoms with Gasteiger partial charge < -0.3 is 19.1 Å². The molecule has 1 aromatic carbocycles. The van der Waals surface area contributed by atoms with Crippen LogP contribution in [0.1, 0.15) is 19.2 Å². The second-order valence-corrected chi connectivity index (χ2v) is 4.31. The van der Waals surface area contributed by atoms with E-state index >= 15 is 0 Å². The van der Waals surface area contributed by atoms with Gasteiger partial charge >= 0.3 is 5.97 Å². The molecule has 0 saturated carbocycles. The Morgan fingerprint density at radius 3 is 2.86 bits per heavy atom. The van der Waals surface area contributed by atoms with Crippen LogP contribution in [0.3, 0.4) is 0 Å². The summed E-state index contributed by atoms with van der Waals surface area (Å²) in [5, 5.41) is 12.5. The van der Waals surface area contributed by atoms with Gasteiger partial charge in [-0.15, -0.1) is 0 Å². The molecule has 0 atom stereocenters. The summed E-state index contributed by atoms with van der Waals surface area (Å²) in [6.45, 7) is 1.60. The average molecular weight is 292 g/mol. The molecule has 0 aliphatic carbocycles. The van der Waals surface area contributed by atoms with Gasteiger partial charge in [0.05, 0.1) is 7.11 Å². The Morgan fingerprint density at radius 1 is 1.38 bits per heavy atom. The fourth-order valence-corrected chi connectivity index (χ4v) is 1.75. The molecule has 0 saturated heterocycles. The van der Waals surface area contributed by atoms with Crippen molar-refractivity contribution in [2.45, 2.75) is 19.8 Å². The Balaban J connectivity index is 2.22. The molecular formula is C14H16N2O5. The summed E-state index contributed by atoms with van der Waals surface area (Å²) < 4.78 is 15.5. The minimum atomic E-state index is -1.05. The highest BCUT2D eigenvalue weighted by Gasteiger charge is 2.12. The van der Waals surface area contributed by atoms with E-state index in [4.69, 9.17) is 19.1 Å². The third kappa shape index (κ3) is 3.71. The van der Waals surface area contributed by atoms with E-state index in [1.807, 2.05) is 6.92 Å². The summed E-state index contributed by atoms with van der Waals surface area (Å²) in [5.41, 5.74) is 0.709. The van der Waals surface area contributed by atoms with Gasteiger partial charge in [-0.05, 0) is 24.6 Å². The first-order chi connectivity index (χ1) is 10.1. The van der Waals surface area contributed by atoms with Crippen LogP contribution in [0.2, 0.25) is 0 Å². The van der Waals surface area contributed by atoms with Gasteiger partial charge in [0.2, 0.25) is 11.7 Å². The zero-order valence-electron chi connectivity index (χ0n) is 11.8. The third-order valence-electron chi connectivity index (χ3n) is 2.70. The minimum Gasteiger partial charge on any atom is -0.493 e. The number of carboxylic acids is 1. The Bertz CT molecular complexity index is 624. The summed E-state index contributed by atoms with van der Waals surface area (Å²) in [6.07, 6.45) is 1.65. The average Bonchev–Trinajstić information content (AvgIpc) is 2.94. The van der Waals surface area contributed by atoms with Crippen molar-refractivity contribution in [1.82, 2.24) is 10.1 Å². The fourth-order valence-electron chi connectivity index (χ4n) is 1.75. The van der Waals surface area contributed by atoms with E-state index in [2.05, 4.69) is 10.1 Å². The number of rotatable bonds is 7. The number of aliphatic carboxylic acids is 1. The summed E-state index contributed by atoms with van der Waals surface area (Å²) in [7, 11) is 1.48. The van der Waals surface area contributed by atoms with Crippen molar-refractivity contribution >= 4 is 5.97 Å². The summed E-state index contributed by atoms with van der Waals surface area (Å²) in [5.74, 6) is 0.749. The van der Waals surface area contributed by atoms with Gasteiger partial charge in [0.25, 0.3) is 0 Å². The molecule has 7 nitrogen and oxygen atoms in total. The Labute approximate surface area is 121 Å². The number of nitrogens with zero attached hydrogens (tertiary/aromatic N) is 2.